The molecule has 1 heteroatoms. The van der Waals surface area contributed by atoms with Gasteiger partial charge in [0.25, 0.3) is 0 Å². The van der Waals surface area contributed by atoms with Crippen molar-refractivity contribution in [1.29, 1.82) is 0 Å². The quantitative estimate of drug-likeness (QED) is 0.174. The summed E-state index contributed by atoms with van der Waals surface area (Å²) in [5.74, 6) is 0. The molecule has 1 nitrogen and oxygen atoms in total. The number of rotatable bonds is 5. The van der Waals surface area contributed by atoms with Crippen molar-refractivity contribution in [3.8, 4) is 44.5 Å². The Kier molecular flexibility index (Phi) is 7.35. The zero-order valence-electron chi connectivity index (χ0n) is 30.9. The van der Waals surface area contributed by atoms with Gasteiger partial charge in [-0.15, -0.1) is 0 Å². The summed E-state index contributed by atoms with van der Waals surface area (Å²) >= 11 is 0. The monoisotopic (exact) mass is 691 g/mol. The first-order valence-electron chi connectivity index (χ1n) is 19.0. The fourth-order valence-electron chi connectivity index (χ4n) is 9.05. The second kappa shape index (κ2) is 12.3. The SMILES string of the molecule is CC(C)(C)c1ccc2c(c1)C1(c3ccccc3-c3ccc(N(c4ccc(-c5ccccc5)cc4)c4ccc(-c5ccccc5)cc4)cc31)c1ccccc1-2. The fraction of sp³-hybridized carbons (Fsp3) is 0.0943. The van der Waals surface area contributed by atoms with E-state index in [1.54, 1.807) is 0 Å². The van der Waals surface area contributed by atoms with Crippen molar-refractivity contribution in [2.24, 2.45) is 0 Å². The normalized spacial score (nSPS) is 15.0. The molecular formula is C53H41N. The van der Waals surface area contributed by atoms with Crippen LogP contribution in [0.25, 0.3) is 44.5 Å². The summed E-state index contributed by atoms with van der Waals surface area (Å²) in [6.07, 6.45) is 0. The molecule has 0 amide bonds. The number of anilines is 3. The molecule has 8 aromatic carbocycles. The van der Waals surface area contributed by atoms with Crippen LogP contribution in [0.3, 0.4) is 0 Å². The molecule has 0 heterocycles. The van der Waals surface area contributed by atoms with Gasteiger partial charge in [-0.2, -0.15) is 0 Å². The molecule has 0 N–H and O–H groups in total. The maximum atomic E-state index is 2.51. The molecule has 0 radical (unpaired) electrons. The molecule has 2 aliphatic carbocycles. The minimum absolute atomic E-state index is 0.0163. The second-order valence-corrected chi connectivity index (χ2v) is 15.7. The third-order valence-corrected chi connectivity index (χ3v) is 11.7. The Labute approximate surface area is 318 Å². The summed E-state index contributed by atoms with van der Waals surface area (Å²) in [7, 11) is 0. The maximum absolute atomic E-state index is 2.51. The van der Waals surface area contributed by atoms with E-state index in [1.807, 2.05) is 0 Å². The third kappa shape index (κ3) is 4.92. The molecule has 1 unspecified atom stereocenters. The molecular weight excluding hydrogens is 651 g/mol. The summed E-state index contributed by atoms with van der Waals surface area (Å²) in [4.78, 5) is 2.42. The van der Waals surface area contributed by atoms with E-state index in [1.165, 1.54) is 72.3 Å². The van der Waals surface area contributed by atoms with Crippen molar-refractivity contribution in [2.45, 2.75) is 31.6 Å². The van der Waals surface area contributed by atoms with Crippen LogP contribution in [0, 0.1) is 0 Å². The molecule has 0 fully saturated rings. The first kappa shape index (κ1) is 32.2. The van der Waals surface area contributed by atoms with Crippen molar-refractivity contribution in [3.05, 3.63) is 222 Å². The van der Waals surface area contributed by atoms with E-state index in [2.05, 4.69) is 220 Å². The van der Waals surface area contributed by atoms with Crippen LogP contribution in [-0.4, -0.2) is 0 Å². The number of nitrogens with zero attached hydrogens (tertiary/aromatic N) is 1. The summed E-state index contributed by atoms with van der Waals surface area (Å²) in [6, 6.07) is 71.9. The summed E-state index contributed by atoms with van der Waals surface area (Å²) in [5.41, 5.74) is 19.9. The van der Waals surface area contributed by atoms with Gasteiger partial charge in [-0.1, -0.05) is 178 Å². The predicted octanol–water partition coefficient (Wildman–Crippen LogP) is 14.1. The van der Waals surface area contributed by atoms with Gasteiger partial charge in [0.15, 0.2) is 0 Å². The Hall–Kier alpha value is -6.44. The van der Waals surface area contributed by atoms with Crippen LogP contribution in [0.4, 0.5) is 17.1 Å². The lowest BCUT2D eigenvalue weighted by molar-refractivity contribution is 0.588. The number of benzene rings is 8. The predicted molar refractivity (Wildman–Crippen MR) is 227 cm³/mol. The first-order valence-corrected chi connectivity index (χ1v) is 19.0. The summed E-state index contributed by atoms with van der Waals surface area (Å²) < 4.78 is 0. The van der Waals surface area contributed by atoms with Crippen molar-refractivity contribution >= 4 is 17.1 Å². The van der Waals surface area contributed by atoms with Crippen LogP contribution in [0.15, 0.2) is 194 Å². The van der Waals surface area contributed by atoms with Gasteiger partial charge in [0.2, 0.25) is 0 Å². The average molecular weight is 692 g/mol. The van der Waals surface area contributed by atoms with Crippen molar-refractivity contribution < 1.29 is 0 Å². The van der Waals surface area contributed by atoms with E-state index in [0.717, 1.165) is 17.1 Å². The van der Waals surface area contributed by atoms with Gasteiger partial charge in [0.1, 0.15) is 0 Å². The minimum Gasteiger partial charge on any atom is -0.310 e. The van der Waals surface area contributed by atoms with Crippen LogP contribution in [0.2, 0.25) is 0 Å². The van der Waals surface area contributed by atoms with Gasteiger partial charge in [0.05, 0.1) is 5.41 Å². The Morgan fingerprint density at radius 3 is 1.22 bits per heavy atom. The van der Waals surface area contributed by atoms with Crippen LogP contribution in [0.5, 0.6) is 0 Å². The van der Waals surface area contributed by atoms with E-state index in [9.17, 15) is 0 Å². The van der Waals surface area contributed by atoms with E-state index in [-0.39, 0.29) is 5.41 Å². The van der Waals surface area contributed by atoms with Gasteiger partial charge >= 0.3 is 0 Å². The standard InChI is InChI=1S/C53H41N/c1-52(2,3)40-26-32-46-44-18-10-12-20-48(44)53(50(46)34-40)49-21-13-11-19-45(49)47-33-31-43(35-51(47)53)54(41-27-22-38(23-28-41)36-14-6-4-7-15-36)42-29-24-39(25-30-42)37-16-8-5-9-17-37/h4-35H,1-3H3. The van der Waals surface area contributed by atoms with Crippen molar-refractivity contribution in [2.75, 3.05) is 4.90 Å². The van der Waals surface area contributed by atoms with E-state index in [4.69, 9.17) is 0 Å². The van der Waals surface area contributed by atoms with Crippen molar-refractivity contribution in [1.82, 2.24) is 0 Å². The fourth-order valence-corrected chi connectivity index (χ4v) is 9.05. The number of fused-ring (bicyclic) bond motifs is 10. The smallest absolute Gasteiger partial charge is 0.0726 e. The minimum atomic E-state index is -0.435. The highest BCUT2D eigenvalue weighted by Gasteiger charge is 2.52. The molecule has 2 aliphatic rings. The highest BCUT2D eigenvalue weighted by Crippen LogP contribution is 2.63. The Morgan fingerprint density at radius 2 is 0.722 bits per heavy atom. The highest BCUT2D eigenvalue weighted by molar-refractivity contribution is 5.96. The van der Waals surface area contributed by atoms with E-state index < -0.39 is 5.41 Å². The molecule has 10 rings (SSSR count). The van der Waals surface area contributed by atoms with Gasteiger partial charge in [-0.25, -0.2) is 0 Å². The number of hydrogen-bond donors (Lipinski definition) is 0. The highest BCUT2D eigenvalue weighted by atomic mass is 15.1. The lowest BCUT2D eigenvalue weighted by Crippen LogP contribution is -2.27. The molecule has 258 valence electrons. The Bertz CT molecular complexity index is 2570. The molecule has 1 atom stereocenters. The Morgan fingerprint density at radius 1 is 0.333 bits per heavy atom. The van der Waals surface area contributed by atoms with Crippen LogP contribution < -0.4 is 4.90 Å². The zero-order valence-corrected chi connectivity index (χ0v) is 30.9. The lowest BCUT2D eigenvalue weighted by Gasteiger charge is -2.33. The second-order valence-electron chi connectivity index (χ2n) is 15.7. The molecule has 0 bridgehead atoms. The third-order valence-electron chi connectivity index (χ3n) is 11.7. The summed E-state index contributed by atoms with van der Waals surface area (Å²) in [6.45, 7) is 6.96. The maximum Gasteiger partial charge on any atom is 0.0726 e. The zero-order chi connectivity index (χ0) is 36.4. The van der Waals surface area contributed by atoms with Gasteiger partial charge in [-0.3, -0.25) is 0 Å². The molecule has 8 aromatic rings. The van der Waals surface area contributed by atoms with Gasteiger partial charge in [0, 0.05) is 17.1 Å². The largest absolute Gasteiger partial charge is 0.310 e. The van der Waals surface area contributed by atoms with Crippen LogP contribution >= 0.6 is 0 Å². The van der Waals surface area contributed by atoms with Gasteiger partial charge in [-0.05, 0) is 114 Å². The molecule has 0 saturated carbocycles. The number of hydrogen-bond acceptors (Lipinski definition) is 1. The van der Waals surface area contributed by atoms with E-state index >= 15 is 0 Å². The average Bonchev–Trinajstić information content (AvgIpc) is 3.69. The van der Waals surface area contributed by atoms with Crippen LogP contribution in [-0.2, 0) is 10.8 Å². The molecule has 1 spiro atoms. The molecule has 0 aromatic heterocycles. The van der Waals surface area contributed by atoms with E-state index in [0.29, 0.717) is 0 Å². The van der Waals surface area contributed by atoms with Crippen LogP contribution in [0.1, 0.15) is 48.6 Å². The molecule has 0 aliphatic heterocycles. The lowest BCUT2D eigenvalue weighted by atomic mass is 9.69. The first-order chi connectivity index (χ1) is 26.4. The Balaban J connectivity index is 1.20. The molecule has 0 saturated heterocycles. The van der Waals surface area contributed by atoms with Gasteiger partial charge < -0.3 is 4.90 Å². The summed E-state index contributed by atoms with van der Waals surface area (Å²) in [5, 5.41) is 0. The topological polar surface area (TPSA) is 3.24 Å². The molecule has 54 heavy (non-hydrogen) atoms. The van der Waals surface area contributed by atoms with Crippen molar-refractivity contribution in [3.63, 3.8) is 0 Å².